The second-order valence-corrected chi connectivity index (χ2v) is 3.96. The van der Waals surface area contributed by atoms with E-state index in [0.29, 0.717) is 6.04 Å². The first-order valence-electron chi connectivity index (χ1n) is 5.24. The van der Waals surface area contributed by atoms with Gasteiger partial charge in [-0.1, -0.05) is 37.6 Å². The highest BCUT2D eigenvalue weighted by Crippen LogP contribution is 2.09. The Morgan fingerprint density at radius 3 is 2.21 bits per heavy atom. The molecule has 2 heteroatoms. The summed E-state index contributed by atoms with van der Waals surface area (Å²) in [5.41, 5.74) is 1.29. The van der Waals surface area contributed by atoms with Gasteiger partial charge in [0.25, 0.3) is 0 Å². The summed E-state index contributed by atoms with van der Waals surface area (Å²) in [4.78, 5) is 0. The summed E-state index contributed by atoms with van der Waals surface area (Å²) in [7, 11) is 0. The van der Waals surface area contributed by atoms with Crippen LogP contribution in [0.2, 0.25) is 5.02 Å². The molecule has 0 saturated heterocycles. The second-order valence-electron chi connectivity index (χ2n) is 3.52. The highest BCUT2D eigenvalue weighted by Gasteiger charge is 2.01. The average molecular weight is 212 g/mol. The molecule has 0 aliphatic carbocycles. The van der Waals surface area contributed by atoms with Gasteiger partial charge in [-0.3, -0.25) is 0 Å². The highest BCUT2D eigenvalue weighted by molar-refractivity contribution is 6.30. The van der Waals surface area contributed by atoms with Gasteiger partial charge >= 0.3 is 0 Å². The van der Waals surface area contributed by atoms with E-state index in [1.54, 1.807) is 0 Å². The molecule has 0 saturated carbocycles. The number of halogens is 1. The number of rotatable bonds is 5. The molecular formula is C12H18ClN. The molecule has 0 aliphatic heterocycles. The molecule has 0 unspecified atom stereocenters. The van der Waals surface area contributed by atoms with Crippen LogP contribution in [0.15, 0.2) is 24.3 Å². The van der Waals surface area contributed by atoms with E-state index in [1.807, 2.05) is 12.1 Å². The van der Waals surface area contributed by atoms with Gasteiger partial charge in [-0.25, -0.2) is 0 Å². The molecule has 0 radical (unpaired) electrons. The van der Waals surface area contributed by atoms with Crippen molar-refractivity contribution >= 4 is 11.6 Å². The zero-order valence-corrected chi connectivity index (χ0v) is 9.64. The zero-order valence-electron chi connectivity index (χ0n) is 8.89. The summed E-state index contributed by atoms with van der Waals surface area (Å²) in [5, 5.41) is 4.31. The lowest BCUT2D eigenvalue weighted by Gasteiger charge is -2.14. The largest absolute Gasteiger partial charge is 0.310 e. The van der Waals surface area contributed by atoms with Gasteiger partial charge in [-0.05, 0) is 30.5 Å². The molecule has 1 aromatic carbocycles. The maximum absolute atomic E-state index is 5.81. The third kappa shape index (κ3) is 3.69. The molecule has 78 valence electrons. The van der Waals surface area contributed by atoms with E-state index < -0.39 is 0 Å². The van der Waals surface area contributed by atoms with Crippen molar-refractivity contribution in [3.05, 3.63) is 34.9 Å². The minimum atomic E-state index is 0.630. The van der Waals surface area contributed by atoms with Crippen molar-refractivity contribution in [1.29, 1.82) is 0 Å². The third-order valence-corrected chi connectivity index (χ3v) is 2.75. The predicted octanol–water partition coefficient (Wildman–Crippen LogP) is 3.62. The number of hydrogen-bond acceptors (Lipinski definition) is 1. The Kier molecular flexibility index (Phi) is 4.99. The molecule has 0 aromatic heterocycles. The summed E-state index contributed by atoms with van der Waals surface area (Å²) in [6.07, 6.45) is 2.37. The Morgan fingerprint density at radius 1 is 1.14 bits per heavy atom. The van der Waals surface area contributed by atoms with Crippen molar-refractivity contribution in [2.45, 2.75) is 39.3 Å². The van der Waals surface area contributed by atoms with Gasteiger partial charge in [0.15, 0.2) is 0 Å². The summed E-state index contributed by atoms with van der Waals surface area (Å²) >= 11 is 5.81. The molecular weight excluding hydrogens is 194 g/mol. The Balaban J connectivity index is 2.41. The van der Waals surface area contributed by atoms with E-state index in [0.717, 1.165) is 11.6 Å². The van der Waals surface area contributed by atoms with Crippen LogP contribution in [0.5, 0.6) is 0 Å². The third-order valence-electron chi connectivity index (χ3n) is 2.49. The normalized spacial score (nSPS) is 10.9. The number of benzene rings is 1. The average Bonchev–Trinajstić information content (AvgIpc) is 2.22. The number of nitrogens with one attached hydrogen (secondary N) is 1. The Morgan fingerprint density at radius 2 is 1.71 bits per heavy atom. The Hall–Kier alpha value is -0.530. The Labute approximate surface area is 91.5 Å². The van der Waals surface area contributed by atoms with E-state index >= 15 is 0 Å². The molecule has 0 spiro atoms. The second kappa shape index (κ2) is 6.05. The molecule has 0 bridgehead atoms. The predicted molar refractivity (Wildman–Crippen MR) is 62.7 cm³/mol. The molecule has 1 aromatic rings. The van der Waals surface area contributed by atoms with Crippen molar-refractivity contribution in [3.8, 4) is 0 Å². The van der Waals surface area contributed by atoms with E-state index in [9.17, 15) is 0 Å². The zero-order chi connectivity index (χ0) is 10.4. The summed E-state index contributed by atoms with van der Waals surface area (Å²) in [5.74, 6) is 0. The summed E-state index contributed by atoms with van der Waals surface area (Å²) in [6.45, 7) is 5.36. The van der Waals surface area contributed by atoms with Gasteiger partial charge < -0.3 is 5.32 Å². The van der Waals surface area contributed by atoms with Crippen LogP contribution in [-0.2, 0) is 6.54 Å². The molecule has 0 amide bonds. The van der Waals surface area contributed by atoms with Crippen molar-refractivity contribution < 1.29 is 0 Å². The topological polar surface area (TPSA) is 12.0 Å². The SMILES string of the molecule is CCC(CC)NCc1ccc(Cl)cc1. The lowest BCUT2D eigenvalue weighted by atomic mass is 10.1. The van der Waals surface area contributed by atoms with Gasteiger partial charge in [0.1, 0.15) is 0 Å². The molecule has 0 heterocycles. The molecule has 0 aliphatic rings. The number of hydrogen-bond donors (Lipinski definition) is 1. The van der Waals surface area contributed by atoms with Gasteiger partial charge in [0.05, 0.1) is 0 Å². The van der Waals surface area contributed by atoms with Crippen LogP contribution >= 0.6 is 11.6 Å². The maximum atomic E-state index is 5.81. The molecule has 1 N–H and O–H groups in total. The fraction of sp³-hybridized carbons (Fsp3) is 0.500. The monoisotopic (exact) mass is 211 g/mol. The Bertz CT molecular complexity index is 252. The lowest BCUT2D eigenvalue weighted by molar-refractivity contribution is 0.484. The quantitative estimate of drug-likeness (QED) is 0.785. The molecule has 14 heavy (non-hydrogen) atoms. The lowest BCUT2D eigenvalue weighted by Crippen LogP contribution is -2.26. The van der Waals surface area contributed by atoms with Crippen LogP contribution < -0.4 is 5.32 Å². The van der Waals surface area contributed by atoms with Crippen LogP contribution in [0.25, 0.3) is 0 Å². The van der Waals surface area contributed by atoms with E-state index in [1.165, 1.54) is 18.4 Å². The van der Waals surface area contributed by atoms with Crippen LogP contribution in [0, 0.1) is 0 Å². The summed E-state index contributed by atoms with van der Waals surface area (Å²) in [6, 6.07) is 8.64. The van der Waals surface area contributed by atoms with Crippen LogP contribution in [0.1, 0.15) is 32.3 Å². The smallest absolute Gasteiger partial charge is 0.0406 e. The summed E-state index contributed by atoms with van der Waals surface area (Å²) < 4.78 is 0. The first-order valence-corrected chi connectivity index (χ1v) is 5.61. The molecule has 1 rings (SSSR count). The first-order chi connectivity index (χ1) is 6.76. The minimum absolute atomic E-state index is 0.630. The van der Waals surface area contributed by atoms with Crippen LogP contribution in [0.4, 0.5) is 0 Å². The van der Waals surface area contributed by atoms with Gasteiger partial charge in [-0.15, -0.1) is 0 Å². The fourth-order valence-corrected chi connectivity index (χ4v) is 1.57. The van der Waals surface area contributed by atoms with Crippen molar-refractivity contribution in [1.82, 2.24) is 5.32 Å². The minimum Gasteiger partial charge on any atom is -0.310 e. The van der Waals surface area contributed by atoms with Gasteiger partial charge in [-0.2, -0.15) is 0 Å². The highest BCUT2D eigenvalue weighted by atomic mass is 35.5. The first kappa shape index (κ1) is 11.5. The van der Waals surface area contributed by atoms with E-state index in [2.05, 4.69) is 31.3 Å². The van der Waals surface area contributed by atoms with E-state index in [4.69, 9.17) is 11.6 Å². The standard InChI is InChI=1S/C12H18ClN/c1-3-12(4-2)14-9-10-5-7-11(13)8-6-10/h5-8,12,14H,3-4,9H2,1-2H3. The van der Waals surface area contributed by atoms with Gasteiger partial charge in [0, 0.05) is 17.6 Å². The molecule has 0 fully saturated rings. The van der Waals surface area contributed by atoms with Crippen molar-refractivity contribution in [3.63, 3.8) is 0 Å². The van der Waals surface area contributed by atoms with Gasteiger partial charge in [0.2, 0.25) is 0 Å². The molecule has 0 atom stereocenters. The van der Waals surface area contributed by atoms with Crippen molar-refractivity contribution in [2.24, 2.45) is 0 Å². The fourth-order valence-electron chi connectivity index (χ4n) is 1.44. The van der Waals surface area contributed by atoms with E-state index in [-0.39, 0.29) is 0 Å². The van der Waals surface area contributed by atoms with Crippen LogP contribution in [-0.4, -0.2) is 6.04 Å². The van der Waals surface area contributed by atoms with Crippen LogP contribution in [0.3, 0.4) is 0 Å². The molecule has 1 nitrogen and oxygen atoms in total. The maximum Gasteiger partial charge on any atom is 0.0406 e. The van der Waals surface area contributed by atoms with Crippen molar-refractivity contribution in [2.75, 3.05) is 0 Å².